The monoisotopic (exact) mass is 296 g/mol. The molecule has 2 heterocycles. The Morgan fingerprint density at radius 1 is 1.30 bits per heavy atom. The summed E-state index contributed by atoms with van der Waals surface area (Å²) in [6, 6.07) is 2.31. The summed E-state index contributed by atoms with van der Waals surface area (Å²) in [6.45, 7) is 12.0. The molecule has 0 amide bonds. The number of aromatic nitrogens is 2. The van der Waals surface area contributed by atoms with Crippen molar-refractivity contribution in [2.75, 3.05) is 25.0 Å². The van der Waals surface area contributed by atoms with Crippen molar-refractivity contribution in [1.82, 2.24) is 14.9 Å². The Bertz CT molecular complexity index is 448. The molecule has 1 saturated heterocycles. The highest BCUT2D eigenvalue weighted by molar-refractivity contribution is 6.29. The molecule has 0 bridgehead atoms. The third kappa shape index (κ3) is 4.06. The van der Waals surface area contributed by atoms with Crippen molar-refractivity contribution in [1.29, 1.82) is 0 Å². The van der Waals surface area contributed by atoms with Crippen LogP contribution in [0.4, 0.5) is 5.82 Å². The molecule has 0 atom stereocenters. The van der Waals surface area contributed by atoms with E-state index in [-0.39, 0.29) is 5.41 Å². The minimum atomic E-state index is -0.0904. The van der Waals surface area contributed by atoms with Gasteiger partial charge in [0.25, 0.3) is 0 Å². The Kier molecular flexibility index (Phi) is 4.86. The molecule has 1 N–H and O–H groups in total. The van der Waals surface area contributed by atoms with Gasteiger partial charge in [0.15, 0.2) is 0 Å². The first-order valence-electron chi connectivity index (χ1n) is 7.42. The molecule has 0 aromatic carbocycles. The summed E-state index contributed by atoms with van der Waals surface area (Å²) >= 11 is 6.12. The fourth-order valence-corrected chi connectivity index (χ4v) is 2.61. The maximum atomic E-state index is 6.12. The van der Waals surface area contributed by atoms with Gasteiger partial charge in [0.05, 0.1) is 0 Å². The van der Waals surface area contributed by atoms with Gasteiger partial charge in [-0.3, -0.25) is 0 Å². The number of piperidine rings is 1. The third-order valence-electron chi connectivity index (χ3n) is 3.75. The van der Waals surface area contributed by atoms with Crippen molar-refractivity contribution in [2.45, 2.75) is 52.0 Å². The van der Waals surface area contributed by atoms with Gasteiger partial charge in [-0.2, -0.15) is 0 Å². The van der Waals surface area contributed by atoms with Gasteiger partial charge in [-0.15, -0.1) is 0 Å². The molecule has 4 nitrogen and oxygen atoms in total. The topological polar surface area (TPSA) is 41.0 Å². The Morgan fingerprint density at radius 2 is 1.95 bits per heavy atom. The maximum absolute atomic E-state index is 6.12. The van der Waals surface area contributed by atoms with Gasteiger partial charge in [-0.25, -0.2) is 9.97 Å². The maximum Gasteiger partial charge on any atom is 0.137 e. The molecule has 1 aliphatic heterocycles. The molecule has 112 valence electrons. The number of hydrogen-bond donors (Lipinski definition) is 1. The molecule has 0 unspecified atom stereocenters. The SMILES string of the molecule is CCN1CCC(Nc2cc(Cl)nc(C(C)(C)C)n2)CC1. The Morgan fingerprint density at radius 3 is 2.50 bits per heavy atom. The normalized spacial score (nSPS) is 18.2. The van der Waals surface area contributed by atoms with E-state index >= 15 is 0 Å². The predicted molar refractivity (Wildman–Crippen MR) is 84.5 cm³/mol. The van der Waals surface area contributed by atoms with E-state index in [9.17, 15) is 0 Å². The van der Waals surface area contributed by atoms with Crippen LogP contribution >= 0.6 is 11.6 Å². The lowest BCUT2D eigenvalue weighted by Crippen LogP contribution is -2.39. The molecule has 1 aromatic rings. The summed E-state index contributed by atoms with van der Waals surface area (Å²) in [5, 5.41) is 4.03. The van der Waals surface area contributed by atoms with Gasteiger partial charge in [-0.05, 0) is 19.4 Å². The van der Waals surface area contributed by atoms with Crippen LogP contribution in [-0.4, -0.2) is 40.5 Å². The van der Waals surface area contributed by atoms with Crippen LogP contribution in [0.5, 0.6) is 0 Å². The van der Waals surface area contributed by atoms with Gasteiger partial charge >= 0.3 is 0 Å². The number of likely N-dealkylation sites (tertiary alicyclic amines) is 1. The summed E-state index contributed by atoms with van der Waals surface area (Å²) in [5.41, 5.74) is -0.0904. The van der Waals surface area contributed by atoms with Crippen molar-refractivity contribution in [3.05, 3.63) is 17.0 Å². The van der Waals surface area contributed by atoms with E-state index in [1.165, 1.54) is 0 Å². The van der Waals surface area contributed by atoms with Crippen LogP contribution in [0.1, 0.15) is 46.4 Å². The van der Waals surface area contributed by atoms with Gasteiger partial charge in [-0.1, -0.05) is 39.3 Å². The summed E-state index contributed by atoms with van der Waals surface area (Å²) in [7, 11) is 0. The van der Waals surface area contributed by atoms with Crippen LogP contribution in [0.3, 0.4) is 0 Å². The summed E-state index contributed by atoms with van der Waals surface area (Å²) in [4.78, 5) is 11.4. The number of anilines is 1. The van der Waals surface area contributed by atoms with Crippen LogP contribution in [0.25, 0.3) is 0 Å². The summed E-state index contributed by atoms with van der Waals surface area (Å²) in [6.07, 6.45) is 2.31. The van der Waals surface area contributed by atoms with Crippen molar-refractivity contribution in [2.24, 2.45) is 0 Å². The first-order chi connectivity index (χ1) is 9.38. The molecule has 0 saturated carbocycles. The van der Waals surface area contributed by atoms with Crippen LogP contribution < -0.4 is 5.32 Å². The molecule has 0 radical (unpaired) electrons. The second kappa shape index (κ2) is 6.27. The van der Waals surface area contributed by atoms with Gasteiger partial charge < -0.3 is 10.2 Å². The standard InChI is InChI=1S/C15H25ClN4/c1-5-20-8-6-11(7-9-20)17-13-10-12(16)18-14(19-13)15(2,3)4/h10-11H,5-9H2,1-4H3,(H,17,18,19). The summed E-state index contributed by atoms with van der Waals surface area (Å²) < 4.78 is 0. The minimum Gasteiger partial charge on any atom is -0.367 e. The van der Waals surface area contributed by atoms with Crippen LogP contribution in [0.15, 0.2) is 6.07 Å². The molecule has 20 heavy (non-hydrogen) atoms. The zero-order valence-electron chi connectivity index (χ0n) is 12.9. The molecular formula is C15H25ClN4. The first kappa shape index (κ1) is 15.5. The van der Waals surface area contributed by atoms with E-state index in [2.05, 4.69) is 47.9 Å². The van der Waals surface area contributed by atoms with E-state index in [4.69, 9.17) is 11.6 Å². The average molecular weight is 297 g/mol. The highest BCUT2D eigenvalue weighted by Gasteiger charge is 2.21. The fourth-order valence-electron chi connectivity index (χ4n) is 2.43. The van der Waals surface area contributed by atoms with Crippen molar-refractivity contribution < 1.29 is 0 Å². The number of hydrogen-bond acceptors (Lipinski definition) is 4. The van der Waals surface area contributed by atoms with Gasteiger partial charge in [0.1, 0.15) is 16.8 Å². The van der Waals surface area contributed by atoms with Crippen molar-refractivity contribution in [3.8, 4) is 0 Å². The Labute approximate surface area is 126 Å². The van der Waals surface area contributed by atoms with Crippen molar-refractivity contribution >= 4 is 17.4 Å². The lowest BCUT2D eigenvalue weighted by Gasteiger charge is -2.32. The quantitative estimate of drug-likeness (QED) is 0.869. The number of nitrogens with zero attached hydrogens (tertiary/aromatic N) is 3. The van der Waals surface area contributed by atoms with Crippen LogP contribution in [-0.2, 0) is 5.41 Å². The largest absolute Gasteiger partial charge is 0.367 e. The minimum absolute atomic E-state index is 0.0904. The zero-order chi connectivity index (χ0) is 14.8. The number of nitrogens with one attached hydrogen (secondary N) is 1. The molecule has 0 spiro atoms. The second-order valence-electron chi connectivity index (χ2n) is 6.50. The van der Waals surface area contributed by atoms with E-state index in [1.807, 2.05) is 6.07 Å². The fraction of sp³-hybridized carbons (Fsp3) is 0.733. The van der Waals surface area contributed by atoms with E-state index in [1.54, 1.807) is 0 Å². The average Bonchev–Trinajstić information content (AvgIpc) is 2.38. The summed E-state index contributed by atoms with van der Waals surface area (Å²) in [5.74, 6) is 1.64. The first-order valence-corrected chi connectivity index (χ1v) is 7.80. The molecule has 1 fully saturated rings. The zero-order valence-corrected chi connectivity index (χ0v) is 13.7. The smallest absolute Gasteiger partial charge is 0.137 e. The lowest BCUT2D eigenvalue weighted by molar-refractivity contribution is 0.229. The number of rotatable bonds is 3. The molecule has 2 rings (SSSR count). The Hall–Kier alpha value is -0.870. The molecule has 0 aliphatic carbocycles. The van der Waals surface area contributed by atoms with Crippen LogP contribution in [0, 0.1) is 0 Å². The second-order valence-corrected chi connectivity index (χ2v) is 6.89. The van der Waals surface area contributed by atoms with E-state index in [0.717, 1.165) is 44.1 Å². The lowest BCUT2D eigenvalue weighted by atomic mass is 9.96. The molecule has 1 aliphatic rings. The van der Waals surface area contributed by atoms with E-state index < -0.39 is 0 Å². The Balaban J connectivity index is 2.05. The highest BCUT2D eigenvalue weighted by Crippen LogP contribution is 2.23. The van der Waals surface area contributed by atoms with Crippen LogP contribution in [0.2, 0.25) is 5.15 Å². The van der Waals surface area contributed by atoms with Gasteiger partial charge in [0.2, 0.25) is 0 Å². The molecular weight excluding hydrogens is 272 g/mol. The predicted octanol–water partition coefficient (Wildman–Crippen LogP) is 3.32. The van der Waals surface area contributed by atoms with Crippen molar-refractivity contribution in [3.63, 3.8) is 0 Å². The van der Waals surface area contributed by atoms with E-state index in [0.29, 0.717) is 11.2 Å². The highest BCUT2D eigenvalue weighted by atomic mass is 35.5. The third-order valence-corrected chi connectivity index (χ3v) is 3.95. The molecule has 5 heteroatoms. The number of halogens is 1. The molecule has 1 aromatic heterocycles. The van der Waals surface area contributed by atoms with Gasteiger partial charge in [0, 0.05) is 30.6 Å².